The Balaban J connectivity index is 2.68. The van der Waals surface area contributed by atoms with E-state index in [1.54, 1.807) is 6.92 Å². The Labute approximate surface area is 158 Å². The molecular weight excluding hydrogens is 352 g/mol. The molecule has 0 aliphatic carbocycles. The van der Waals surface area contributed by atoms with Gasteiger partial charge in [0.15, 0.2) is 6.10 Å². The Morgan fingerprint density at radius 3 is 2.26 bits per heavy atom. The second-order valence-corrected chi connectivity index (χ2v) is 6.69. The number of carboxylic acids is 1. The van der Waals surface area contributed by atoms with Gasteiger partial charge < -0.3 is 25.6 Å². The third kappa shape index (κ3) is 8.08. The van der Waals surface area contributed by atoms with E-state index in [-0.39, 0.29) is 18.9 Å². The summed E-state index contributed by atoms with van der Waals surface area (Å²) in [6, 6.07) is 7.27. The Bertz CT molecular complexity index is 620. The summed E-state index contributed by atoms with van der Waals surface area (Å²) in [6.07, 6.45) is -1.90. The molecule has 0 radical (unpaired) electrons. The van der Waals surface area contributed by atoms with E-state index in [9.17, 15) is 19.5 Å². The summed E-state index contributed by atoms with van der Waals surface area (Å²) >= 11 is 0. The maximum absolute atomic E-state index is 12.5. The van der Waals surface area contributed by atoms with Crippen molar-refractivity contribution < 1.29 is 29.3 Å². The molecule has 0 aliphatic heterocycles. The van der Waals surface area contributed by atoms with Crippen LogP contribution in [0.5, 0.6) is 0 Å². The molecule has 0 saturated carbocycles. The monoisotopic (exact) mass is 380 g/mol. The van der Waals surface area contributed by atoms with Crippen LogP contribution < -0.4 is 10.6 Å². The number of carboxylic acid groups (broad SMARTS) is 1. The van der Waals surface area contributed by atoms with Gasteiger partial charge in [0.05, 0.1) is 6.04 Å². The molecule has 0 saturated heterocycles. The van der Waals surface area contributed by atoms with Crippen molar-refractivity contribution in [2.75, 3.05) is 0 Å². The highest BCUT2D eigenvalue weighted by Crippen LogP contribution is 2.08. The van der Waals surface area contributed by atoms with Gasteiger partial charge in [-0.05, 0) is 24.3 Å². The van der Waals surface area contributed by atoms with Crippen molar-refractivity contribution in [1.82, 2.24) is 10.6 Å². The number of hydrogen-bond acceptors (Lipinski definition) is 5. The standard InChI is InChI=1S/C19H28N2O6/c1-4-14(16(22)18(24)25)20-17(23)15(10-12(2)3)21-19(26)27-11-13-8-6-5-7-9-13/h5-9,12,14-16,22H,4,10-11H2,1-3H3,(H,20,23)(H,21,26)(H,24,25)/t14-,15-,16?/m0/s1. The highest BCUT2D eigenvalue weighted by molar-refractivity contribution is 5.86. The SMILES string of the molecule is CC[C@H](NC(=O)[C@H](CC(C)C)NC(=O)OCc1ccccc1)C(O)C(=O)O. The zero-order valence-electron chi connectivity index (χ0n) is 15.8. The number of rotatable bonds is 10. The van der Waals surface area contributed by atoms with Crippen molar-refractivity contribution >= 4 is 18.0 Å². The maximum Gasteiger partial charge on any atom is 0.408 e. The number of carbonyl (C=O) groups is 3. The molecule has 0 spiro atoms. The molecule has 8 nitrogen and oxygen atoms in total. The molecule has 27 heavy (non-hydrogen) atoms. The number of hydrogen-bond donors (Lipinski definition) is 4. The highest BCUT2D eigenvalue weighted by Gasteiger charge is 2.29. The van der Waals surface area contributed by atoms with Gasteiger partial charge in [-0.15, -0.1) is 0 Å². The van der Waals surface area contributed by atoms with Crippen molar-refractivity contribution in [3.63, 3.8) is 0 Å². The van der Waals surface area contributed by atoms with Crippen LogP contribution in [-0.2, 0) is 20.9 Å². The van der Waals surface area contributed by atoms with E-state index < -0.39 is 36.2 Å². The summed E-state index contributed by atoms with van der Waals surface area (Å²) in [7, 11) is 0. The first-order valence-electron chi connectivity index (χ1n) is 8.93. The molecule has 2 amide bonds. The van der Waals surface area contributed by atoms with Crippen LogP contribution in [0.15, 0.2) is 30.3 Å². The number of aliphatic hydroxyl groups is 1. The summed E-state index contributed by atoms with van der Waals surface area (Å²) in [4.78, 5) is 35.5. The summed E-state index contributed by atoms with van der Waals surface area (Å²) in [5.74, 6) is -1.88. The van der Waals surface area contributed by atoms with Gasteiger partial charge in [0, 0.05) is 0 Å². The Morgan fingerprint density at radius 1 is 1.11 bits per heavy atom. The Morgan fingerprint density at radius 2 is 1.74 bits per heavy atom. The van der Waals surface area contributed by atoms with E-state index >= 15 is 0 Å². The molecule has 1 unspecified atom stereocenters. The average Bonchev–Trinajstić information content (AvgIpc) is 2.63. The second kappa shape index (κ2) is 11.2. The Hall–Kier alpha value is -2.61. The van der Waals surface area contributed by atoms with Crippen LogP contribution >= 0.6 is 0 Å². The van der Waals surface area contributed by atoms with Gasteiger partial charge in [0.2, 0.25) is 5.91 Å². The topological polar surface area (TPSA) is 125 Å². The van der Waals surface area contributed by atoms with Crippen molar-refractivity contribution in [3.05, 3.63) is 35.9 Å². The first-order chi connectivity index (χ1) is 12.7. The molecule has 0 fully saturated rings. The van der Waals surface area contributed by atoms with Gasteiger partial charge in [-0.3, -0.25) is 4.79 Å². The fourth-order valence-corrected chi connectivity index (χ4v) is 2.47. The molecule has 0 aromatic heterocycles. The summed E-state index contributed by atoms with van der Waals surface area (Å²) in [5.41, 5.74) is 0.813. The Kier molecular flexibility index (Phi) is 9.29. The normalized spacial score (nSPS) is 14.1. The quantitative estimate of drug-likeness (QED) is 0.489. The third-order valence-corrected chi connectivity index (χ3v) is 3.93. The number of benzene rings is 1. The van der Waals surface area contributed by atoms with Gasteiger partial charge in [0.1, 0.15) is 12.6 Å². The van der Waals surface area contributed by atoms with Crippen LogP contribution in [0.4, 0.5) is 4.79 Å². The van der Waals surface area contributed by atoms with Crippen LogP contribution in [-0.4, -0.2) is 46.4 Å². The van der Waals surface area contributed by atoms with E-state index in [1.807, 2.05) is 44.2 Å². The lowest BCUT2D eigenvalue weighted by atomic mass is 10.0. The van der Waals surface area contributed by atoms with Crippen molar-refractivity contribution in [1.29, 1.82) is 0 Å². The van der Waals surface area contributed by atoms with E-state index in [4.69, 9.17) is 9.84 Å². The molecule has 0 aliphatic rings. The molecule has 0 bridgehead atoms. The molecule has 150 valence electrons. The van der Waals surface area contributed by atoms with E-state index in [0.29, 0.717) is 6.42 Å². The number of amides is 2. The predicted octanol–water partition coefficient (Wildman–Crippen LogP) is 1.67. The molecule has 0 heterocycles. The van der Waals surface area contributed by atoms with Crippen LogP contribution in [0.25, 0.3) is 0 Å². The zero-order valence-corrected chi connectivity index (χ0v) is 15.8. The molecule has 3 atom stereocenters. The number of alkyl carbamates (subject to hydrolysis) is 1. The van der Waals surface area contributed by atoms with Crippen molar-refractivity contribution in [2.24, 2.45) is 5.92 Å². The van der Waals surface area contributed by atoms with Gasteiger partial charge >= 0.3 is 12.1 Å². The minimum absolute atomic E-state index is 0.0675. The number of aliphatic carboxylic acids is 1. The largest absolute Gasteiger partial charge is 0.479 e. The summed E-state index contributed by atoms with van der Waals surface area (Å²) < 4.78 is 5.13. The van der Waals surface area contributed by atoms with Crippen LogP contribution in [0, 0.1) is 5.92 Å². The minimum Gasteiger partial charge on any atom is -0.479 e. The lowest BCUT2D eigenvalue weighted by Gasteiger charge is -2.25. The fourth-order valence-electron chi connectivity index (χ4n) is 2.47. The fraction of sp³-hybridized carbons (Fsp3) is 0.526. The third-order valence-electron chi connectivity index (χ3n) is 3.93. The minimum atomic E-state index is -1.72. The number of ether oxygens (including phenoxy) is 1. The molecule has 4 N–H and O–H groups in total. The first-order valence-corrected chi connectivity index (χ1v) is 8.93. The maximum atomic E-state index is 12.5. The molecule has 8 heteroatoms. The molecular formula is C19H28N2O6. The summed E-state index contributed by atoms with van der Waals surface area (Å²) in [5, 5.41) is 23.6. The van der Waals surface area contributed by atoms with E-state index in [2.05, 4.69) is 10.6 Å². The van der Waals surface area contributed by atoms with E-state index in [0.717, 1.165) is 5.56 Å². The lowest BCUT2D eigenvalue weighted by Crippen LogP contribution is -2.54. The second-order valence-electron chi connectivity index (χ2n) is 6.69. The molecule has 1 aromatic rings. The lowest BCUT2D eigenvalue weighted by molar-refractivity contribution is -0.148. The highest BCUT2D eigenvalue weighted by atomic mass is 16.5. The van der Waals surface area contributed by atoms with Crippen LogP contribution in [0.3, 0.4) is 0 Å². The van der Waals surface area contributed by atoms with Crippen LogP contribution in [0.1, 0.15) is 39.2 Å². The zero-order chi connectivity index (χ0) is 20.4. The first kappa shape index (κ1) is 22.4. The molecule has 1 rings (SSSR count). The summed E-state index contributed by atoms with van der Waals surface area (Å²) in [6.45, 7) is 5.50. The van der Waals surface area contributed by atoms with Gasteiger partial charge in [-0.2, -0.15) is 0 Å². The van der Waals surface area contributed by atoms with Crippen LogP contribution in [0.2, 0.25) is 0 Å². The van der Waals surface area contributed by atoms with Gasteiger partial charge in [-0.1, -0.05) is 51.1 Å². The van der Waals surface area contributed by atoms with Gasteiger partial charge in [-0.25, -0.2) is 9.59 Å². The van der Waals surface area contributed by atoms with Crippen molar-refractivity contribution in [2.45, 2.75) is 58.4 Å². The van der Waals surface area contributed by atoms with Gasteiger partial charge in [0.25, 0.3) is 0 Å². The van der Waals surface area contributed by atoms with E-state index in [1.165, 1.54) is 0 Å². The smallest absolute Gasteiger partial charge is 0.408 e. The van der Waals surface area contributed by atoms with Crippen molar-refractivity contribution in [3.8, 4) is 0 Å². The number of nitrogens with one attached hydrogen (secondary N) is 2. The average molecular weight is 380 g/mol. The number of aliphatic hydroxyl groups excluding tert-OH is 1. The predicted molar refractivity (Wildman–Crippen MR) is 98.9 cm³/mol. The molecule has 1 aromatic carbocycles. The number of carbonyl (C=O) groups excluding carboxylic acids is 2.